The highest BCUT2D eigenvalue weighted by molar-refractivity contribution is 7.89. The number of hydrogen-bond donors (Lipinski definition) is 2. The van der Waals surface area contributed by atoms with Gasteiger partial charge in [-0.05, 0) is 55.5 Å². The van der Waals surface area contributed by atoms with Gasteiger partial charge in [0.2, 0.25) is 21.7 Å². The predicted molar refractivity (Wildman–Crippen MR) is 134 cm³/mol. The van der Waals surface area contributed by atoms with E-state index in [1.165, 1.54) is 40.7 Å². The minimum Gasteiger partial charge on any atom is -0.462 e. The second kappa shape index (κ2) is 11.6. The number of nitrogens with one attached hydrogen (secondary N) is 2. The molecule has 1 heterocycles. The second-order valence-corrected chi connectivity index (χ2v) is 9.28. The summed E-state index contributed by atoms with van der Waals surface area (Å²) in [7, 11) is -3.63. The van der Waals surface area contributed by atoms with Gasteiger partial charge in [-0.2, -0.15) is 4.31 Å². The molecule has 0 bridgehead atoms. The Morgan fingerprint density at radius 2 is 1.44 bits per heavy atom. The van der Waals surface area contributed by atoms with Crippen LogP contribution in [0.5, 0.6) is 0 Å². The highest BCUT2D eigenvalue weighted by atomic mass is 32.2. The van der Waals surface area contributed by atoms with Gasteiger partial charge >= 0.3 is 11.7 Å². The molecule has 12 nitrogen and oxygen atoms in total. The molecule has 2 aromatic carbocycles. The van der Waals surface area contributed by atoms with Gasteiger partial charge in [-0.25, -0.2) is 23.2 Å². The van der Waals surface area contributed by atoms with Crippen molar-refractivity contribution in [1.29, 1.82) is 0 Å². The van der Waals surface area contributed by atoms with Crippen LogP contribution < -0.4 is 10.6 Å². The van der Waals surface area contributed by atoms with Crippen LogP contribution >= 0.6 is 0 Å². The molecule has 0 aliphatic heterocycles. The summed E-state index contributed by atoms with van der Waals surface area (Å²) in [6.07, 6.45) is 1.16. The quantitative estimate of drug-likeness (QED) is 0.217. The normalized spacial score (nSPS) is 11.2. The Bertz CT molecular complexity index is 1330. The zero-order chi connectivity index (χ0) is 26.3. The molecule has 0 saturated heterocycles. The topological polar surface area (TPSA) is 157 Å². The van der Waals surface area contributed by atoms with Crippen LogP contribution in [0.25, 0.3) is 0 Å². The number of carbonyl (C=O) groups excluding carboxylic acids is 1. The monoisotopic (exact) mass is 514 g/mol. The van der Waals surface area contributed by atoms with Crippen molar-refractivity contribution in [2.24, 2.45) is 0 Å². The number of anilines is 4. The number of ether oxygens (including phenoxy) is 1. The Balaban J connectivity index is 1.85. The SMILES string of the molecule is CCOC(=O)c1ccc(Nc2ncnc(Nc3ccc(S(=O)(=O)N(CC)CC)cc3)c2[N+](=O)[O-])cc1. The summed E-state index contributed by atoms with van der Waals surface area (Å²) in [5, 5.41) is 17.6. The van der Waals surface area contributed by atoms with Crippen molar-refractivity contribution in [3.8, 4) is 0 Å². The maximum Gasteiger partial charge on any atom is 0.353 e. The van der Waals surface area contributed by atoms with Gasteiger partial charge in [0.05, 0.1) is 22.0 Å². The Kier molecular flexibility index (Phi) is 8.51. The van der Waals surface area contributed by atoms with Gasteiger partial charge < -0.3 is 15.4 Å². The van der Waals surface area contributed by atoms with Gasteiger partial charge in [-0.15, -0.1) is 0 Å². The van der Waals surface area contributed by atoms with Crippen molar-refractivity contribution >= 4 is 44.7 Å². The summed E-state index contributed by atoms with van der Waals surface area (Å²) < 4.78 is 31.6. The standard InChI is InChI=1S/C23H26N6O6S/c1-4-28(5-2)36(33,34)19-13-11-18(12-14-19)27-22-20(29(31)32)21(24-15-25-22)26-17-9-7-16(8-10-17)23(30)35-6-3/h7-15H,4-6H2,1-3H3,(H2,24,25,26,27). The first-order chi connectivity index (χ1) is 17.2. The summed E-state index contributed by atoms with van der Waals surface area (Å²) in [6.45, 7) is 6.14. The van der Waals surface area contributed by atoms with E-state index in [1.807, 2.05) is 0 Å². The van der Waals surface area contributed by atoms with Crippen molar-refractivity contribution in [1.82, 2.24) is 14.3 Å². The van der Waals surface area contributed by atoms with E-state index in [9.17, 15) is 23.3 Å². The molecule has 0 aliphatic carbocycles. The summed E-state index contributed by atoms with van der Waals surface area (Å²) >= 11 is 0. The summed E-state index contributed by atoms with van der Waals surface area (Å²) in [4.78, 5) is 31.1. The average Bonchev–Trinajstić information content (AvgIpc) is 2.85. The highest BCUT2D eigenvalue weighted by Gasteiger charge is 2.24. The molecule has 3 rings (SSSR count). The zero-order valence-electron chi connectivity index (χ0n) is 20.0. The Morgan fingerprint density at radius 3 is 1.89 bits per heavy atom. The molecule has 3 aromatic rings. The Morgan fingerprint density at radius 1 is 0.944 bits per heavy atom. The van der Waals surface area contributed by atoms with E-state index in [2.05, 4.69) is 20.6 Å². The molecule has 36 heavy (non-hydrogen) atoms. The first kappa shape index (κ1) is 26.5. The third-order valence-electron chi connectivity index (χ3n) is 5.12. The van der Waals surface area contributed by atoms with Crippen LogP contribution in [0.2, 0.25) is 0 Å². The van der Waals surface area contributed by atoms with Crippen LogP contribution in [-0.4, -0.2) is 53.3 Å². The molecule has 1 aromatic heterocycles. The van der Waals surface area contributed by atoms with Gasteiger partial charge in [0.1, 0.15) is 6.33 Å². The third-order valence-corrected chi connectivity index (χ3v) is 7.19. The minimum absolute atomic E-state index is 0.0675. The molecular weight excluding hydrogens is 488 g/mol. The van der Waals surface area contributed by atoms with Gasteiger partial charge in [0.25, 0.3) is 0 Å². The molecular formula is C23H26N6O6S. The Hall–Kier alpha value is -4.10. The van der Waals surface area contributed by atoms with E-state index in [-0.39, 0.29) is 23.1 Å². The third kappa shape index (κ3) is 5.93. The molecule has 0 fully saturated rings. The van der Waals surface area contributed by atoms with Crippen molar-refractivity contribution in [2.45, 2.75) is 25.7 Å². The fourth-order valence-corrected chi connectivity index (χ4v) is 4.79. The number of rotatable bonds is 11. The number of esters is 1. The van der Waals surface area contributed by atoms with Gasteiger partial charge in [0, 0.05) is 24.5 Å². The maximum absolute atomic E-state index is 12.7. The lowest BCUT2D eigenvalue weighted by molar-refractivity contribution is -0.383. The molecule has 0 unspecified atom stereocenters. The minimum atomic E-state index is -3.63. The first-order valence-corrected chi connectivity index (χ1v) is 12.6. The van der Waals surface area contributed by atoms with Gasteiger partial charge in [-0.1, -0.05) is 13.8 Å². The van der Waals surface area contributed by atoms with Crippen molar-refractivity contribution in [3.63, 3.8) is 0 Å². The lowest BCUT2D eigenvalue weighted by Gasteiger charge is -2.18. The summed E-state index contributed by atoms with van der Waals surface area (Å²) in [6, 6.07) is 12.1. The van der Waals surface area contributed by atoms with E-state index in [0.717, 1.165) is 6.33 Å². The molecule has 0 saturated carbocycles. The number of carbonyl (C=O) groups is 1. The first-order valence-electron chi connectivity index (χ1n) is 11.1. The fraction of sp³-hybridized carbons (Fsp3) is 0.261. The van der Waals surface area contributed by atoms with Crippen LogP contribution in [0.3, 0.4) is 0 Å². The van der Waals surface area contributed by atoms with Crippen LogP contribution in [0.15, 0.2) is 59.8 Å². The molecule has 0 atom stereocenters. The van der Waals surface area contributed by atoms with Crippen LogP contribution in [0, 0.1) is 10.1 Å². The van der Waals surface area contributed by atoms with E-state index in [4.69, 9.17) is 4.74 Å². The molecule has 0 spiro atoms. The van der Waals surface area contributed by atoms with Crippen molar-refractivity contribution in [3.05, 3.63) is 70.5 Å². The van der Waals surface area contributed by atoms with Gasteiger partial charge in [-0.3, -0.25) is 10.1 Å². The summed E-state index contributed by atoms with van der Waals surface area (Å²) in [5.41, 5.74) is 0.794. The molecule has 2 N–H and O–H groups in total. The average molecular weight is 515 g/mol. The highest BCUT2D eigenvalue weighted by Crippen LogP contribution is 2.33. The summed E-state index contributed by atoms with van der Waals surface area (Å²) in [5.74, 6) is -0.624. The lowest BCUT2D eigenvalue weighted by atomic mass is 10.2. The molecule has 13 heteroatoms. The number of aromatic nitrogens is 2. The second-order valence-electron chi connectivity index (χ2n) is 7.34. The fourth-order valence-electron chi connectivity index (χ4n) is 3.34. The molecule has 190 valence electrons. The number of nitro groups is 1. The maximum atomic E-state index is 12.7. The van der Waals surface area contributed by atoms with E-state index in [1.54, 1.807) is 32.9 Å². The molecule has 0 aliphatic rings. The van der Waals surface area contributed by atoms with Crippen molar-refractivity contribution in [2.75, 3.05) is 30.3 Å². The predicted octanol–water partition coefficient (Wildman–Crippen LogP) is 4.08. The molecule has 0 radical (unpaired) electrons. The smallest absolute Gasteiger partial charge is 0.353 e. The lowest BCUT2D eigenvalue weighted by Crippen LogP contribution is -2.30. The van der Waals surface area contributed by atoms with E-state index >= 15 is 0 Å². The number of benzene rings is 2. The van der Waals surface area contributed by atoms with E-state index in [0.29, 0.717) is 30.0 Å². The van der Waals surface area contributed by atoms with Gasteiger partial charge in [0.15, 0.2) is 0 Å². The number of hydrogen-bond acceptors (Lipinski definition) is 10. The van der Waals surface area contributed by atoms with Crippen molar-refractivity contribution < 1.29 is 22.9 Å². The van der Waals surface area contributed by atoms with Crippen LogP contribution in [0.1, 0.15) is 31.1 Å². The number of nitrogens with zero attached hydrogens (tertiary/aromatic N) is 4. The van der Waals surface area contributed by atoms with E-state index < -0.39 is 26.6 Å². The van der Waals surface area contributed by atoms with Crippen LogP contribution in [0.4, 0.5) is 28.7 Å². The van der Waals surface area contributed by atoms with Crippen LogP contribution in [-0.2, 0) is 14.8 Å². The largest absolute Gasteiger partial charge is 0.462 e. The molecule has 0 amide bonds. The number of sulfonamides is 1. The zero-order valence-corrected chi connectivity index (χ0v) is 20.8. The Labute approximate surface area is 208 Å².